The van der Waals surface area contributed by atoms with Gasteiger partial charge in [-0.1, -0.05) is 59.3 Å². The van der Waals surface area contributed by atoms with Crippen LogP contribution in [0.3, 0.4) is 0 Å². The van der Waals surface area contributed by atoms with E-state index in [0.717, 1.165) is 16.9 Å². The Hall–Kier alpha value is -5.35. The number of hydrogen-bond acceptors (Lipinski definition) is 7. The van der Waals surface area contributed by atoms with E-state index in [9.17, 15) is 9.59 Å². The monoisotopic (exact) mass is 579 g/mol. The second-order valence-corrected chi connectivity index (χ2v) is 10.0. The molecule has 1 aromatic heterocycles. The molecule has 42 heavy (non-hydrogen) atoms. The number of amides is 2. The number of nitrogens with zero attached hydrogens (tertiary/aromatic N) is 4. The topological polar surface area (TPSA) is 113 Å². The summed E-state index contributed by atoms with van der Waals surface area (Å²) >= 11 is 5.89. The Bertz CT molecular complexity index is 1690. The number of hydrazine groups is 1. The van der Waals surface area contributed by atoms with E-state index in [1.165, 1.54) is 4.68 Å². The lowest BCUT2D eigenvalue weighted by Crippen LogP contribution is -2.46. The molecule has 0 bridgehead atoms. The smallest absolute Gasteiger partial charge is 0.276 e. The number of aromatic nitrogens is 3. The van der Waals surface area contributed by atoms with E-state index in [2.05, 4.69) is 26.4 Å². The minimum atomic E-state index is -0.458. The highest BCUT2D eigenvalue weighted by molar-refractivity contribution is 6.30. The summed E-state index contributed by atoms with van der Waals surface area (Å²) in [5, 5.41) is 16.6. The number of anilines is 3. The predicted molar refractivity (Wildman–Crippen MR) is 160 cm³/mol. The van der Waals surface area contributed by atoms with Crippen molar-refractivity contribution in [1.82, 2.24) is 20.0 Å². The Labute approximate surface area is 246 Å². The predicted octanol–water partition coefficient (Wildman–Crippen LogP) is 5.74. The first-order valence-corrected chi connectivity index (χ1v) is 13.6. The Morgan fingerprint density at radius 3 is 2.43 bits per heavy atom. The van der Waals surface area contributed by atoms with Crippen molar-refractivity contribution in [2.75, 3.05) is 16.1 Å². The molecule has 2 heterocycles. The highest BCUT2D eigenvalue weighted by atomic mass is 35.5. The fraction of sp³-hybridized carbons (Fsp3) is 0.0968. The molecule has 2 amide bonds. The molecule has 10 nitrogen and oxygen atoms in total. The van der Waals surface area contributed by atoms with Crippen LogP contribution >= 0.6 is 11.6 Å². The van der Waals surface area contributed by atoms with E-state index < -0.39 is 6.17 Å². The lowest BCUT2D eigenvalue weighted by atomic mass is 10.0. The molecular formula is C31H26ClN7O3. The number of rotatable bonds is 9. The molecule has 1 atom stereocenters. The van der Waals surface area contributed by atoms with Gasteiger partial charge < -0.3 is 15.4 Å². The summed E-state index contributed by atoms with van der Waals surface area (Å²) in [5.41, 5.74) is 7.50. The summed E-state index contributed by atoms with van der Waals surface area (Å²) in [6.07, 6.45) is 1.21. The molecule has 0 aliphatic carbocycles. The van der Waals surface area contributed by atoms with Gasteiger partial charge in [0.15, 0.2) is 0 Å². The van der Waals surface area contributed by atoms with Crippen LogP contribution in [0.5, 0.6) is 5.75 Å². The number of para-hydroxylation sites is 2. The molecule has 0 saturated carbocycles. The molecule has 0 fully saturated rings. The third kappa shape index (κ3) is 6.18. The largest absolute Gasteiger partial charge is 0.487 e. The van der Waals surface area contributed by atoms with Crippen molar-refractivity contribution in [3.05, 3.63) is 131 Å². The van der Waals surface area contributed by atoms with Crippen molar-refractivity contribution in [3.8, 4) is 5.75 Å². The van der Waals surface area contributed by atoms with E-state index in [1.807, 2.05) is 72.8 Å². The van der Waals surface area contributed by atoms with Crippen molar-refractivity contribution >= 4 is 40.5 Å². The van der Waals surface area contributed by atoms with Gasteiger partial charge in [-0.25, -0.2) is 9.69 Å². The van der Waals surface area contributed by atoms with Crippen LogP contribution in [0.4, 0.5) is 17.1 Å². The van der Waals surface area contributed by atoms with Gasteiger partial charge in [0.25, 0.3) is 5.91 Å². The van der Waals surface area contributed by atoms with Gasteiger partial charge in [-0.15, -0.1) is 5.10 Å². The molecule has 6 rings (SSSR count). The zero-order valence-electron chi connectivity index (χ0n) is 22.3. The first kappa shape index (κ1) is 26.9. The highest BCUT2D eigenvalue weighted by Crippen LogP contribution is 2.34. The van der Waals surface area contributed by atoms with Crippen molar-refractivity contribution < 1.29 is 14.3 Å². The Kier molecular flexibility index (Phi) is 7.69. The van der Waals surface area contributed by atoms with Gasteiger partial charge in [0, 0.05) is 16.4 Å². The molecule has 5 aromatic rings. The third-order valence-corrected chi connectivity index (χ3v) is 6.80. The van der Waals surface area contributed by atoms with Crippen molar-refractivity contribution in [2.24, 2.45) is 0 Å². The summed E-state index contributed by atoms with van der Waals surface area (Å²) in [5.74, 6) is 0.251. The number of benzene rings is 4. The molecule has 1 aliphatic rings. The van der Waals surface area contributed by atoms with Crippen LogP contribution in [0.2, 0.25) is 5.02 Å². The zero-order chi connectivity index (χ0) is 28.9. The Balaban J connectivity index is 1.09. The van der Waals surface area contributed by atoms with Crippen LogP contribution in [0.15, 0.2) is 109 Å². The van der Waals surface area contributed by atoms with Crippen LogP contribution in [0.25, 0.3) is 0 Å². The average molecular weight is 580 g/mol. The minimum absolute atomic E-state index is 0.00801. The standard InChI is InChI=1S/C31H26ClN7O3/c32-22-12-14-23(15-13-22)33-29(40)19-38-18-25(35-37-38)20-42-26-16-10-21(11-17-26)30-34-28-9-5-4-8-27(28)31(41)39(30)36-24-6-2-1-3-7-24/h1-18,30,34,36H,19-20H2,(H,33,40). The van der Waals surface area contributed by atoms with Gasteiger partial charge in [0.2, 0.25) is 5.91 Å². The van der Waals surface area contributed by atoms with Gasteiger partial charge in [0.05, 0.1) is 17.4 Å². The van der Waals surface area contributed by atoms with E-state index in [-0.39, 0.29) is 25.0 Å². The number of nitrogens with one attached hydrogen (secondary N) is 3. The first-order chi connectivity index (χ1) is 20.5. The summed E-state index contributed by atoms with van der Waals surface area (Å²) in [7, 11) is 0. The van der Waals surface area contributed by atoms with Crippen molar-refractivity contribution in [3.63, 3.8) is 0 Å². The molecule has 0 spiro atoms. The van der Waals surface area contributed by atoms with Crippen LogP contribution in [0, 0.1) is 0 Å². The van der Waals surface area contributed by atoms with Gasteiger partial charge in [0.1, 0.15) is 30.8 Å². The number of carbonyl (C=O) groups excluding carboxylic acids is 2. The number of ether oxygens (including phenoxy) is 1. The van der Waals surface area contributed by atoms with Crippen LogP contribution in [0.1, 0.15) is 27.8 Å². The van der Waals surface area contributed by atoms with Crippen LogP contribution in [-0.4, -0.2) is 31.8 Å². The summed E-state index contributed by atoms with van der Waals surface area (Å²) in [6, 6.07) is 31.4. The quantitative estimate of drug-likeness (QED) is 0.204. The fourth-order valence-corrected chi connectivity index (χ4v) is 4.65. The molecule has 11 heteroatoms. The normalized spacial score (nSPS) is 14.1. The van der Waals surface area contributed by atoms with Crippen LogP contribution in [-0.2, 0) is 17.9 Å². The first-order valence-electron chi connectivity index (χ1n) is 13.2. The Morgan fingerprint density at radius 1 is 0.905 bits per heavy atom. The van der Waals surface area contributed by atoms with Gasteiger partial charge in [-0.05, 0) is 66.2 Å². The summed E-state index contributed by atoms with van der Waals surface area (Å²) in [4.78, 5) is 25.8. The molecular weight excluding hydrogens is 554 g/mol. The number of halogens is 1. The van der Waals surface area contributed by atoms with E-state index in [1.54, 1.807) is 41.5 Å². The van der Waals surface area contributed by atoms with Gasteiger partial charge in [-0.2, -0.15) is 0 Å². The minimum Gasteiger partial charge on any atom is -0.487 e. The second kappa shape index (κ2) is 12.0. The molecule has 0 saturated heterocycles. The van der Waals surface area contributed by atoms with Gasteiger partial charge in [-0.3, -0.25) is 15.0 Å². The number of hydrogen-bond donors (Lipinski definition) is 3. The molecule has 4 aromatic carbocycles. The SMILES string of the molecule is O=C(Cn1cc(COc2ccc(C3Nc4ccccc4C(=O)N3Nc3ccccc3)cc2)nn1)Nc1ccc(Cl)cc1. The number of fused-ring (bicyclic) bond motifs is 1. The molecule has 0 radical (unpaired) electrons. The highest BCUT2D eigenvalue weighted by Gasteiger charge is 2.33. The maximum atomic E-state index is 13.5. The van der Waals surface area contributed by atoms with Crippen molar-refractivity contribution in [1.29, 1.82) is 0 Å². The molecule has 1 unspecified atom stereocenters. The van der Waals surface area contributed by atoms with E-state index in [0.29, 0.717) is 27.7 Å². The van der Waals surface area contributed by atoms with Crippen molar-refractivity contribution in [2.45, 2.75) is 19.3 Å². The lowest BCUT2D eigenvalue weighted by Gasteiger charge is -2.38. The maximum Gasteiger partial charge on any atom is 0.276 e. The average Bonchev–Trinajstić information content (AvgIpc) is 3.46. The molecule has 1 aliphatic heterocycles. The zero-order valence-corrected chi connectivity index (χ0v) is 23.0. The number of carbonyl (C=O) groups is 2. The second-order valence-electron chi connectivity index (χ2n) is 9.57. The van der Waals surface area contributed by atoms with Crippen LogP contribution < -0.4 is 20.8 Å². The fourth-order valence-electron chi connectivity index (χ4n) is 4.52. The van der Waals surface area contributed by atoms with Gasteiger partial charge >= 0.3 is 0 Å². The van der Waals surface area contributed by atoms with E-state index >= 15 is 0 Å². The summed E-state index contributed by atoms with van der Waals surface area (Å²) in [6.45, 7) is 0.182. The third-order valence-electron chi connectivity index (χ3n) is 6.55. The maximum absolute atomic E-state index is 13.5. The molecule has 210 valence electrons. The lowest BCUT2D eigenvalue weighted by molar-refractivity contribution is -0.116. The molecule has 3 N–H and O–H groups in total. The summed E-state index contributed by atoms with van der Waals surface area (Å²) < 4.78 is 7.36. The Morgan fingerprint density at radius 2 is 1.64 bits per heavy atom. The van der Waals surface area contributed by atoms with E-state index in [4.69, 9.17) is 16.3 Å².